The van der Waals surface area contributed by atoms with Crippen LogP contribution in [-0.2, 0) is 37.8 Å². The average molecular weight is 356 g/mol. The van der Waals surface area contributed by atoms with Crippen molar-refractivity contribution in [1.82, 2.24) is 4.98 Å². The molecule has 0 amide bonds. The first-order chi connectivity index (χ1) is 10.7. The van der Waals surface area contributed by atoms with E-state index in [0.717, 1.165) is 22.1 Å². The van der Waals surface area contributed by atoms with Gasteiger partial charge < -0.3 is 9.47 Å². The highest BCUT2D eigenvalue weighted by atomic mass is 35.5. The van der Waals surface area contributed by atoms with Crippen LogP contribution in [0, 0.1) is 5.41 Å². The number of esters is 2. The summed E-state index contributed by atoms with van der Waals surface area (Å²) in [4.78, 5) is 29.4. The molecule has 7 heteroatoms. The highest BCUT2D eigenvalue weighted by molar-refractivity contribution is 6.88. The number of hydrogen-bond donors (Lipinski definition) is 0. The fraction of sp³-hybridized carbons (Fsp3) is 0.562. The summed E-state index contributed by atoms with van der Waals surface area (Å²) in [5.74, 6) is -0.821. The Kier molecular flexibility index (Phi) is 4.87. The van der Waals surface area contributed by atoms with Gasteiger partial charge in [0, 0.05) is 11.7 Å². The number of carbonyl (C=O) groups excluding carboxylic acids is 2. The Bertz CT molecular complexity index is 638. The zero-order valence-corrected chi connectivity index (χ0v) is 15.9. The normalized spacial score (nSPS) is 15.9. The second-order valence-corrected chi connectivity index (χ2v) is 12.1. The van der Waals surface area contributed by atoms with Gasteiger partial charge in [-0.25, -0.2) is 0 Å². The predicted molar refractivity (Wildman–Crippen MR) is 90.6 cm³/mol. The lowest BCUT2D eigenvalue weighted by molar-refractivity contribution is -0.168. The molecular formula is C16H22ClNO4Si. The Morgan fingerprint density at radius 1 is 1.22 bits per heavy atom. The van der Waals surface area contributed by atoms with Crippen molar-refractivity contribution in [2.45, 2.75) is 38.4 Å². The molecule has 5 nitrogen and oxygen atoms in total. The average Bonchev–Trinajstić information content (AvgIpc) is 2.91. The molecule has 0 saturated heterocycles. The zero-order valence-electron chi connectivity index (χ0n) is 14.2. The van der Waals surface area contributed by atoms with Gasteiger partial charge in [-0.2, -0.15) is 0 Å². The fourth-order valence-electron chi connectivity index (χ4n) is 3.18. The lowest BCUT2D eigenvalue weighted by Crippen LogP contribution is -2.45. The van der Waals surface area contributed by atoms with E-state index in [1.54, 1.807) is 0 Å². The molecule has 0 bridgehead atoms. The van der Waals surface area contributed by atoms with Gasteiger partial charge in [0.1, 0.15) is 8.07 Å². The Balaban J connectivity index is 2.62. The number of nitrogens with zero attached hydrogens (tertiary/aromatic N) is 1. The second-order valence-electron chi connectivity index (χ2n) is 6.90. The number of aromatic nitrogens is 1. The molecule has 0 aromatic carbocycles. The summed E-state index contributed by atoms with van der Waals surface area (Å²) in [7, 11) is 0.815. The summed E-state index contributed by atoms with van der Waals surface area (Å²) in [6.07, 6.45) is 0.544. The van der Waals surface area contributed by atoms with E-state index in [1.807, 2.05) is 6.07 Å². The van der Waals surface area contributed by atoms with Gasteiger partial charge in [-0.05, 0) is 23.6 Å². The lowest BCUT2D eigenvalue weighted by atomic mass is 9.85. The summed E-state index contributed by atoms with van der Waals surface area (Å²) in [5.41, 5.74) is 1.39. The third-order valence-electron chi connectivity index (χ3n) is 4.24. The molecule has 0 fully saturated rings. The van der Waals surface area contributed by atoms with E-state index < -0.39 is 25.4 Å². The van der Waals surface area contributed by atoms with E-state index in [0.29, 0.717) is 5.88 Å². The molecule has 1 aliphatic rings. The summed E-state index contributed by atoms with van der Waals surface area (Å²) < 4.78 is 9.80. The van der Waals surface area contributed by atoms with Crippen molar-refractivity contribution < 1.29 is 19.1 Å². The Morgan fingerprint density at radius 3 is 2.22 bits per heavy atom. The fourth-order valence-corrected chi connectivity index (χ4v) is 4.95. The van der Waals surface area contributed by atoms with Crippen LogP contribution in [0.3, 0.4) is 0 Å². The minimum absolute atomic E-state index is 0.269. The van der Waals surface area contributed by atoms with Gasteiger partial charge in [-0.3, -0.25) is 14.6 Å². The number of hydrogen-bond acceptors (Lipinski definition) is 5. The van der Waals surface area contributed by atoms with Crippen molar-refractivity contribution in [3.05, 3.63) is 22.9 Å². The first-order valence-corrected chi connectivity index (χ1v) is 11.5. The molecule has 0 aliphatic heterocycles. The molecule has 2 rings (SSSR count). The second kappa shape index (κ2) is 6.24. The summed E-state index contributed by atoms with van der Waals surface area (Å²) in [5, 5.41) is 1.00. The molecule has 0 N–H and O–H groups in total. The summed E-state index contributed by atoms with van der Waals surface area (Å²) in [6, 6.07) is 1.89. The van der Waals surface area contributed by atoms with Crippen molar-refractivity contribution in [2.75, 3.05) is 14.2 Å². The van der Waals surface area contributed by atoms with Crippen LogP contribution >= 0.6 is 11.6 Å². The molecule has 1 aromatic rings. The molecule has 126 valence electrons. The van der Waals surface area contributed by atoms with Gasteiger partial charge in [0.05, 0.1) is 25.8 Å². The van der Waals surface area contributed by atoms with Crippen LogP contribution in [0.1, 0.15) is 16.8 Å². The topological polar surface area (TPSA) is 65.5 Å². The molecule has 0 spiro atoms. The first-order valence-electron chi connectivity index (χ1n) is 7.44. The Labute approximate surface area is 142 Å². The number of halogens is 1. The highest BCUT2D eigenvalue weighted by Crippen LogP contribution is 2.39. The third kappa shape index (κ3) is 3.02. The van der Waals surface area contributed by atoms with E-state index in [4.69, 9.17) is 26.1 Å². The van der Waals surface area contributed by atoms with E-state index in [1.165, 1.54) is 14.2 Å². The van der Waals surface area contributed by atoms with Gasteiger partial charge in [-0.1, -0.05) is 19.6 Å². The van der Waals surface area contributed by atoms with Crippen LogP contribution in [0.2, 0.25) is 19.6 Å². The monoisotopic (exact) mass is 355 g/mol. The zero-order chi connectivity index (χ0) is 17.4. The number of pyridine rings is 1. The van der Waals surface area contributed by atoms with Crippen LogP contribution in [0.5, 0.6) is 0 Å². The number of ether oxygens (including phenoxy) is 2. The van der Waals surface area contributed by atoms with Gasteiger partial charge in [0.25, 0.3) is 0 Å². The van der Waals surface area contributed by atoms with E-state index in [-0.39, 0.29) is 12.8 Å². The minimum Gasteiger partial charge on any atom is -0.468 e. The van der Waals surface area contributed by atoms with E-state index in [2.05, 4.69) is 19.6 Å². The largest absolute Gasteiger partial charge is 0.468 e. The smallest absolute Gasteiger partial charge is 0.323 e. The van der Waals surface area contributed by atoms with Crippen LogP contribution in [0.25, 0.3) is 0 Å². The maximum absolute atomic E-state index is 12.4. The van der Waals surface area contributed by atoms with Crippen molar-refractivity contribution in [2.24, 2.45) is 5.41 Å². The van der Waals surface area contributed by atoms with Crippen molar-refractivity contribution in [3.8, 4) is 0 Å². The van der Waals surface area contributed by atoms with Crippen LogP contribution in [0.15, 0.2) is 6.07 Å². The summed E-state index contributed by atoms with van der Waals surface area (Å²) >= 11 is 5.97. The molecule has 23 heavy (non-hydrogen) atoms. The quantitative estimate of drug-likeness (QED) is 0.356. The Hall–Kier alpha value is -1.40. The standard InChI is InChI=1S/C16H22ClNO4Si/c1-21-14(19)16(15(20)22-2)7-10-6-11(9-17)18-13(12(10)8-16)23(3,4)5/h6H,7-9H2,1-5H3. The first kappa shape index (κ1) is 17.9. The number of fused-ring (bicyclic) bond motifs is 1. The SMILES string of the molecule is COC(=O)C1(C(=O)OC)Cc2cc(CCl)nc([Si](C)(C)C)c2C1. The lowest BCUT2D eigenvalue weighted by Gasteiger charge is -2.23. The number of rotatable bonds is 4. The molecule has 1 heterocycles. The number of alkyl halides is 1. The van der Waals surface area contributed by atoms with Gasteiger partial charge in [-0.15, -0.1) is 11.6 Å². The van der Waals surface area contributed by atoms with Gasteiger partial charge in [0.2, 0.25) is 0 Å². The van der Waals surface area contributed by atoms with Crippen molar-refractivity contribution >= 4 is 36.9 Å². The highest BCUT2D eigenvalue weighted by Gasteiger charge is 2.53. The van der Waals surface area contributed by atoms with Gasteiger partial charge in [0.15, 0.2) is 5.41 Å². The Morgan fingerprint density at radius 2 is 1.78 bits per heavy atom. The number of carbonyl (C=O) groups is 2. The number of methoxy groups -OCH3 is 2. The van der Waals surface area contributed by atoms with Gasteiger partial charge >= 0.3 is 11.9 Å². The molecule has 1 aliphatic carbocycles. The van der Waals surface area contributed by atoms with Crippen molar-refractivity contribution in [1.29, 1.82) is 0 Å². The molecular weight excluding hydrogens is 334 g/mol. The molecule has 1 aromatic heterocycles. The maximum atomic E-state index is 12.4. The molecule has 0 unspecified atom stereocenters. The van der Waals surface area contributed by atoms with E-state index in [9.17, 15) is 9.59 Å². The molecule has 0 atom stereocenters. The predicted octanol–water partition coefficient (Wildman–Crippen LogP) is 1.80. The maximum Gasteiger partial charge on any atom is 0.323 e. The minimum atomic E-state index is -1.76. The van der Waals surface area contributed by atoms with Crippen LogP contribution < -0.4 is 5.32 Å². The van der Waals surface area contributed by atoms with E-state index >= 15 is 0 Å². The molecule has 0 saturated carbocycles. The van der Waals surface area contributed by atoms with Crippen LogP contribution in [0.4, 0.5) is 0 Å². The molecule has 0 radical (unpaired) electrons. The third-order valence-corrected chi connectivity index (χ3v) is 6.35. The summed E-state index contributed by atoms with van der Waals surface area (Å²) in [6.45, 7) is 6.55. The van der Waals surface area contributed by atoms with Crippen LogP contribution in [-0.4, -0.2) is 39.2 Å². The van der Waals surface area contributed by atoms with Crippen molar-refractivity contribution in [3.63, 3.8) is 0 Å².